The van der Waals surface area contributed by atoms with Gasteiger partial charge in [-0.1, -0.05) is 0 Å². The quantitative estimate of drug-likeness (QED) is 0.536. The second-order valence-electron chi connectivity index (χ2n) is 2.61. The van der Waals surface area contributed by atoms with Crippen LogP contribution in [0.1, 0.15) is 13.3 Å². The molecule has 1 aliphatic carbocycles. The van der Waals surface area contributed by atoms with E-state index in [0.29, 0.717) is 0 Å². The van der Waals surface area contributed by atoms with E-state index in [2.05, 4.69) is 6.07 Å². The Kier molecular flexibility index (Phi) is 1.02. The maximum Gasteiger partial charge on any atom is 0.0690 e. The molecular formula is C6H9NO. The van der Waals surface area contributed by atoms with Crippen LogP contribution in [0.2, 0.25) is 0 Å². The van der Waals surface area contributed by atoms with Gasteiger partial charge in [0.05, 0.1) is 11.5 Å². The standard InChI is InChI=1S/C6H9NO/c1-6(4-7)2-5(6)3-8/h5,8H,2-3H2,1H3. The Hall–Kier alpha value is -0.550. The Balaban J connectivity index is 2.46. The fraction of sp³-hybridized carbons (Fsp3) is 0.833. The van der Waals surface area contributed by atoms with Gasteiger partial charge in [-0.25, -0.2) is 0 Å². The Bertz CT molecular complexity index is 138. The average Bonchev–Trinajstić information content (AvgIpc) is 2.44. The lowest BCUT2D eigenvalue weighted by molar-refractivity contribution is 0.263. The normalized spacial score (nSPS) is 43.4. The first-order chi connectivity index (χ1) is 3.73. The van der Waals surface area contributed by atoms with Crippen LogP contribution in [0, 0.1) is 22.7 Å². The van der Waals surface area contributed by atoms with Crippen molar-refractivity contribution in [1.82, 2.24) is 0 Å². The van der Waals surface area contributed by atoms with Crippen molar-refractivity contribution in [3.8, 4) is 6.07 Å². The van der Waals surface area contributed by atoms with Crippen molar-refractivity contribution in [2.45, 2.75) is 13.3 Å². The summed E-state index contributed by atoms with van der Waals surface area (Å²) in [5, 5.41) is 16.9. The Labute approximate surface area is 48.7 Å². The summed E-state index contributed by atoms with van der Waals surface area (Å²) >= 11 is 0. The van der Waals surface area contributed by atoms with Gasteiger partial charge in [-0.15, -0.1) is 0 Å². The van der Waals surface area contributed by atoms with Gasteiger partial charge in [0.2, 0.25) is 0 Å². The Morgan fingerprint density at radius 2 is 2.62 bits per heavy atom. The molecule has 1 aliphatic rings. The molecule has 1 rings (SSSR count). The van der Waals surface area contributed by atoms with Gasteiger partial charge in [-0.3, -0.25) is 0 Å². The van der Waals surface area contributed by atoms with Crippen molar-refractivity contribution in [3.05, 3.63) is 0 Å². The first-order valence-electron chi connectivity index (χ1n) is 2.75. The second kappa shape index (κ2) is 1.46. The molecule has 8 heavy (non-hydrogen) atoms. The molecule has 0 aromatic heterocycles. The molecule has 0 radical (unpaired) electrons. The minimum atomic E-state index is -0.186. The molecule has 1 saturated carbocycles. The predicted molar refractivity (Wildman–Crippen MR) is 28.9 cm³/mol. The highest BCUT2D eigenvalue weighted by atomic mass is 16.3. The minimum absolute atomic E-state index is 0.171. The molecule has 2 unspecified atom stereocenters. The van der Waals surface area contributed by atoms with E-state index in [1.807, 2.05) is 6.92 Å². The number of nitriles is 1. The molecule has 0 aliphatic heterocycles. The molecule has 2 heteroatoms. The maximum absolute atomic E-state index is 8.52. The van der Waals surface area contributed by atoms with E-state index < -0.39 is 0 Å². The third-order valence-electron chi connectivity index (χ3n) is 1.89. The molecule has 0 amide bonds. The highest BCUT2D eigenvalue weighted by Gasteiger charge is 2.49. The summed E-state index contributed by atoms with van der Waals surface area (Å²) in [7, 11) is 0. The summed E-state index contributed by atoms with van der Waals surface area (Å²) in [5.41, 5.74) is -0.186. The topological polar surface area (TPSA) is 44.0 Å². The van der Waals surface area contributed by atoms with Gasteiger partial charge in [0.1, 0.15) is 0 Å². The molecule has 2 atom stereocenters. The fourth-order valence-electron chi connectivity index (χ4n) is 0.856. The van der Waals surface area contributed by atoms with Crippen LogP contribution >= 0.6 is 0 Å². The number of aliphatic hydroxyl groups excluding tert-OH is 1. The van der Waals surface area contributed by atoms with Crippen LogP contribution in [-0.2, 0) is 0 Å². The van der Waals surface area contributed by atoms with E-state index in [-0.39, 0.29) is 17.9 Å². The summed E-state index contributed by atoms with van der Waals surface area (Å²) in [5.74, 6) is 0.257. The van der Waals surface area contributed by atoms with Crippen molar-refractivity contribution < 1.29 is 5.11 Å². The van der Waals surface area contributed by atoms with E-state index in [1.54, 1.807) is 0 Å². The lowest BCUT2D eigenvalue weighted by atomic mass is 10.1. The van der Waals surface area contributed by atoms with Crippen LogP contribution < -0.4 is 0 Å². The third-order valence-corrected chi connectivity index (χ3v) is 1.89. The van der Waals surface area contributed by atoms with Gasteiger partial charge in [-0.2, -0.15) is 5.26 Å². The molecule has 0 saturated heterocycles. The van der Waals surface area contributed by atoms with Crippen LogP contribution in [0.25, 0.3) is 0 Å². The molecule has 1 N–H and O–H groups in total. The van der Waals surface area contributed by atoms with Crippen LogP contribution in [-0.4, -0.2) is 11.7 Å². The number of hydrogen-bond donors (Lipinski definition) is 1. The number of rotatable bonds is 1. The first kappa shape index (κ1) is 5.58. The SMILES string of the molecule is CC1(C#N)CC1CO. The van der Waals surface area contributed by atoms with Crippen LogP contribution in [0.15, 0.2) is 0 Å². The zero-order chi connectivity index (χ0) is 6.20. The van der Waals surface area contributed by atoms with Gasteiger partial charge in [-0.05, 0) is 13.3 Å². The summed E-state index contributed by atoms with van der Waals surface area (Å²) in [4.78, 5) is 0. The highest BCUT2D eigenvalue weighted by Crippen LogP contribution is 2.50. The second-order valence-corrected chi connectivity index (χ2v) is 2.61. The van der Waals surface area contributed by atoms with Crippen LogP contribution in [0.4, 0.5) is 0 Å². The van der Waals surface area contributed by atoms with Crippen molar-refractivity contribution in [2.75, 3.05) is 6.61 Å². The summed E-state index contributed by atoms with van der Waals surface area (Å²) in [6.07, 6.45) is 0.875. The molecule has 1 fully saturated rings. The summed E-state index contributed by atoms with van der Waals surface area (Å²) < 4.78 is 0. The number of hydrogen-bond acceptors (Lipinski definition) is 2. The minimum Gasteiger partial charge on any atom is -0.396 e. The van der Waals surface area contributed by atoms with Crippen molar-refractivity contribution in [1.29, 1.82) is 5.26 Å². The van der Waals surface area contributed by atoms with E-state index in [9.17, 15) is 0 Å². The van der Waals surface area contributed by atoms with Gasteiger partial charge in [0.15, 0.2) is 0 Å². The van der Waals surface area contributed by atoms with Crippen molar-refractivity contribution in [2.24, 2.45) is 11.3 Å². The molecule has 0 spiro atoms. The van der Waals surface area contributed by atoms with Gasteiger partial charge < -0.3 is 5.11 Å². The largest absolute Gasteiger partial charge is 0.396 e. The lowest BCUT2D eigenvalue weighted by Gasteiger charge is -1.92. The third kappa shape index (κ3) is 0.597. The number of nitrogens with zero attached hydrogens (tertiary/aromatic N) is 1. The monoisotopic (exact) mass is 111 g/mol. The molecule has 0 aromatic carbocycles. The zero-order valence-electron chi connectivity index (χ0n) is 4.89. The van der Waals surface area contributed by atoms with E-state index in [1.165, 1.54) is 0 Å². The molecule has 0 bridgehead atoms. The fourth-order valence-corrected chi connectivity index (χ4v) is 0.856. The summed E-state index contributed by atoms with van der Waals surface area (Å²) in [6.45, 7) is 2.05. The smallest absolute Gasteiger partial charge is 0.0690 e. The zero-order valence-corrected chi connectivity index (χ0v) is 4.89. The van der Waals surface area contributed by atoms with Crippen LogP contribution in [0.3, 0.4) is 0 Å². The highest BCUT2D eigenvalue weighted by molar-refractivity contribution is 5.12. The van der Waals surface area contributed by atoms with Crippen LogP contribution in [0.5, 0.6) is 0 Å². The average molecular weight is 111 g/mol. The van der Waals surface area contributed by atoms with Gasteiger partial charge in [0.25, 0.3) is 0 Å². The predicted octanol–water partition coefficient (Wildman–Crippen LogP) is 0.528. The van der Waals surface area contributed by atoms with E-state index >= 15 is 0 Å². The maximum atomic E-state index is 8.52. The van der Waals surface area contributed by atoms with Crippen molar-refractivity contribution >= 4 is 0 Å². The first-order valence-corrected chi connectivity index (χ1v) is 2.75. The molecule has 0 heterocycles. The van der Waals surface area contributed by atoms with Gasteiger partial charge in [0, 0.05) is 12.5 Å². The Morgan fingerprint density at radius 3 is 2.75 bits per heavy atom. The molecule has 44 valence electrons. The van der Waals surface area contributed by atoms with E-state index in [0.717, 1.165) is 6.42 Å². The number of aliphatic hydroxyl groups is 1. The molecule has 2 nitrogen and oxygen atoms in total. The molecule has 0 aromatic rings. The lowest BCUT2D eigenvalue weighted by Crippen LogP contribution is -1.96. The molecular weight excluding hydrogens is 102 g/mol. The van der Waals surface area contributed by atoms with Crippen molar-refractivity contribution in [3.63, 3.8) is 0 Å². The van der Waals surface area contributed by atoms with E-state index in [4.69, 9.17) is 10.4 Å². The summed E-state index contributed by atoms with van der Waals surface area (Å²) in [6, 6.07) is 2.16. The Morgan fingerprint density at radius 1 is 2.00 bits per heavy atom. The van der Waals surface area contributed by atoms with Gasteiger partial charge >= 0.3 is 0 Å².